The van der Waals surface area contributed by atoms with Crippen molar-refractivity contribution < 1.29 is 19.1 Å². The fourth-order valence-corrected chi connectivity index (χ4v) is 3.33. The third-order valence-corrected chi connectivity index (χ3v) is 4.49. The summed E-state index contributed by atoms with van der Waals surface area (Å²) in [4.78, 5) is 24.6. The molecular formula is C24H26O4. The SMILES string of the molecule is CCOC(=O)CC1=Cc2cc(C(=O)OC(C)(C)C)ccc2Cc2ccccc21. The van der Waals surface area contributed by atoms with Crippen molar-refractivity contribution in [2.75, 3.05) is 6.61 Å². The second-order valence-corrected chi connectivity index (χ2v) is 7.90. The van der Waals surface area contributed by atoms with Crippen LogP contribution in [0.3, 0.4) is 0 Å². The maximum absolute atomic E-state index is 12.5. The van der Waals surface area contributed by atoms with Crippen LogP contribution in [0.5, 0.6) is 0 Å². The summed E-state index contributed by atoms with van der Waals surface area (Å²) in [5.41, 5.74) is 5.09. The summed E-state index contributed by atoms with van der Waals surface area (Å²) in [7, 11) is 0. The Bertz CT molecular complexity index is 932. The Balaban J connectivity index is 2.02. The quantitative estimate of drug-likeness (QED) is 0.700. The van der Waals surface area contributed by atoms with Crippen molar-refractivity contribution in [3.8, 4) is 0 Å². The molecule has 0 radical (unpaired) electrons. The fraction of sp³-hybridized carbons (Fsp3) is 0.333. The van der Waals surface area contributed by atoms with Crippen LogP contribution in [0.15, 0.2) is 42.5 Å². The molecule has 0 bridgehead atoms. The average Bonchev–Trinajstić information content (AvgIpc) is 2.76. The molecule has 1 aliphatic carbocycles. The maximum atomic E-state index is 12.5. The van der Waals surface area contributed by atoms with E-state index >= 15 is 0 Å². The van der Waals surface area contributed by atoms with Gasteiger partial charge in [0.05, 0.1) is 18.6 Å². The molecule has 4 nitrogen and oxygen atoms in total. The van der Waals surface area contributed by atoms with Gasteiger partial charge in [-0.3, -0.25) is 4.79 Å². The first kappa shape index (κ1) is 19.9. The first-order chi connectivity index (χ1) is 13.3. The lowest BCUT2D eigenvalue weighted by Gasteiger charge is -2.19. The Morgan fingerprint density at radius 1 is 1.04 bits per heavy atom. The topological polar surface area (TPSA) is 52.6 Å². The molecule has 0 atom stereocenters. The Labute approximate surface area is 166 Å². The molecule has 3 rings (SSSR count). The summed E-state index contributed by atoms with van der Waals surface area (Å²) in [5.74, 6) is -0.604. The normalized spacial score (nSPS) is 12.9. The minimum atomic E-state index is -0.551. The molecule has 28 heavy (non-hydrogen) atoms. The summed E-state index contributed by atoms with van der Waals surface area (Å²) in [6, 6.07) is 13.7. The maximum Gasteiger partial charge on any atom is 0.338 e. The molecule has 4 heteroatoms. The summed E-state index contributed by atoms with van der Waals surface area (Å²) < 4.78 is 10.6. The molecule has 0 saturated carbocycles. The van der Waals surface area contributed by atoms with Crippen molar-refractivity contribution in [1.82, 2.24) is 0 Å². The first-order valence-corrected chi connectivity index (χ1v) is 9.57. The molecule has 0 amide bonds. The molecule has 0 aliphatic heterocycles. The van der Waals surface area contributed by atoms with Gasteiger partial charge in [0.25, 0.3) is 0 Å². The van der Waals surface area contributed by atoms with Crippen LogP contribution in [-0.4, -0.2) is 24.1 Å². The third kappa shape index (κ3) is 4.69. The highest BCUT2D eigenvalue weighted by Crippen LogP contribution is 2.33. The largest absolute Gasteiger partial charge is 0.466 e. The minimum absolute atomic E-state index is 0.195. The van der Waals surface area contributed by atoms with E-state index in [1.54, 1.807) is 13.0 Å². The number of rotatable bonds is 4. The van der Waals surface area contributed by atoms with Crippen LogP contribution in [0.4, 0.5) is 0 Å². The van der Waals surface area contributed by atoms with Crippen LogP contribution in [0.1, 0.15) is 66.7 Å². The highest BCUT2D eigenvalue weighted by atomic mass is 16.6. The molecule has 0 unspecified atom stereocenters. The lowest BCUT2D eigenvalue weighted by molar-refractivity contribution is -0.141. The van der Waals surface area contributed by atoms with E-state index in [-0.39, 0.29) is 18.4 Å². The van der Waals surface area contributed by atoms with Crippen molar-refractivity contribution >= 4 is 23.6 Å². The number of carbonyl (C=O) groups excluding carboxylic acids is 2. The summed E-state index contributed by atoms with van der Waals surface area (Å²) >= 11 is 0. The van der Waals surface area contributed by atoms with Gasteiger partial charge in [-0.05, 0) is 74.1 Å². The number of esters is 2. The van der Waals surface area contributed by atoms with E-state index in [0.29, 0.717) is 12.2 Å². The molecule has 0 fully saturated rings. The predicted octanol–water partition coefficient (Wildman–Crippen LogP) is 5.04. The van der Waals surface area contributed by atoms with Crippen LogP contribution in [0.25, 0.3) is 11.6 Å². The molecule has 0 aromatic heterocycles. The average molecular weight is 378 g/mol. The fourth-order valence-electron chi connectivity index (χ4n) is 3.33. The molecule has 0 heterocycles. The minimum Gasteiger partial charge on any atom is -0.466 e. The molecule has 0 spiro atoms. The van der Waals surface area contributed by atoms with Crippen LogP contribution in [0, 0.1) is 0 Å². The van der Waals surface area contributed by atoms with Gasteiger partial charge in [-0.2, -0.15) is 0 Å². The van der Waals surface area contributed by atoms with Crippen molar-refractivity contribution in [3.05, 3.63) is 70.3 Å². The van der Waals surface area contributed by atoms with E-state index in [2.05, 4.69) is 6.07 Å². The van der Waals surface area contributed by atoms with Gasteiger partial charge in [0.1, 0.15) is 5.60 Å². The van der Waals surface area contributed by atoms with Crippen LogP contribution in [-0.2, 0) is 20.7 Å². The molecule has 1 aliphatic rings. The van der Waals surface area contributed by atoms with Crippen molar-refractivity contribution in [2.24, 2.45) is 0 Å². The molecule has 2 aromatic rings. The second-order valence-electron chi connectivity index (χ2n) is 7.90. The van der Waals surface area contributed by atoms with Crippen molar-refractivity contribution in [2.45, 2.75) is 46.1 Å². The Hall–Kier alpha value is -2.88. The van der Waals surface area contributed by atoms with Gasteiger partial charge in [-0.25, -0.2) is 4.79 Å². The second kappa shape index (κ2) is 8.01. The van der Waals surface area contributed by atoms with E-state index in [9.17, 15) is 9.59 Å². The van der Waals surface area contributed by atoms with E-state index in [1.807, 2.05) is 57.2 Å². The monoisotopic (exact) mass is 378 g/mol. The smallest absolute Gasteiger partial charge is 0.338 e. The zero-order valence-electron chi connectivity index (χ0n) is 16.9. The lowest BCUT2D eigenvalue weighted by Crippen LogP contribution is -2.23. The van der Waals surface area contributed by atoms with Gasteiger partial charge < -0.3 is 9.47 Å². The highest BCUT2D eigenvalue weighted by molar-refractivity contribution is 5.96. The van der Waals surface area contributed by atoms with E-state index < -0.39 is 5.60 Å². The Kier molecular flexibility index (Phi) is 5.68. The number of hydrogen-bond donors (Lipinski definition) is 0. The first-order valence-electron chi connectivity index (χ1n) is 9.57. The van der Waals surface area contributed by atoms with Crippen molar-refractivity contribution in [1.29, 1.82) is 0 Å². The Morgan fingerprint density at radius 2 is 1.79 bits per heavy atom. The molecule has 0 N–H and O–H groups in total. The van der Waals surface area contributed by atoms with E-state index in [4.69, 9.17) is 9.47 Å². The number of ether oxygens (including phenoxy) is 2. The number of hydrogen-bond acceptors (Lipinski definition) is 4. The lowest BCUT2D eigenvalue weighted by atomic mass is 9.96. The van der Waals surface area contributed by atoms with Gasteiger partial charge in [0.2, 0.25) is 0 Å². The van der Waals surface area contributed by atoms with Gasteiger partial charge in [0, 0.05) is 0 Å². The number of carbonyl (C=O) groups is 2. The number of benzene rings is 2. The van der Waals surface area contributed by atoms with Gasteiger partial charge in [-0.1, -0.05) is 36.4 Å². The third-order valence-electron chi connectivity index (χ3n) is 4.49. The van der Waals surface area contributed by atoms with E-state index in [1.165, 1.54) is 0 Å². The number of fused-ring (bicyclic) bond motifs is 2. The van der Waals surface area contributed by atoms with Gasteiger partial charge >= 0.3 is 11.9 Å². The van der Waals surface area contributed by atoms with Gasteiger partial charge in [0.15, 0.2) is 0 Å². The predicted molar refractivity (Wildman–Crippen MR) is 110 cm³/mol. The van der Waals surface area contributed by atoms with Crippen LogP contribution >= 0.6 is 0 Å². The van der Waals surface area contributed by atoms with Crippen LogP contribution in [0.2, 0.25) is 0 Å². The highest BCUT2D eigenvalue weighted by Gasteiger charge is 2.21. The zero-order valence-corrected chi connectivity index (χ0v) is 16.9. The van der Waals surface area contributed by atoms with Crippen molar-refractivity contribution in [3.63, 3.8) is 0 Å². The summed E-state index contributed by atoms with van der Waals surface area (Å²) in [5, 5.41) is 0. The van der Waals surface area contributed by atoms with E-state index in [0.717, 1.165) is 34.2 Å². The molecular weight excluding hydrogens is 352 g/mol. The standard InChI is InChI=1S/C24H26O4/c1-5-27-22(25)15-20-14-19-13-18(23(26)28-24(2,3)4)11-10-16(19)12-17-8-6-7-9-21(17)20/h6-11,13-14H,5,12,15H2,1-4H3. The zero-order chi connectivity index (χ0) is 20.3. The molecule has 2 aromatic carbocycles. The summed E-state index contributed by atoms with van der Waals surface area (Å²) in [6.45, 7) is 7.70. The summed E-state index contributed by atoms with van der Waals surface area (Å²) in [6.07, 6.45) is 2.93. The Morgan fingerprint density at radius 3 is 2.50 bits per heavy atom. The molecule has 0 saturated heterocycles. The molecule has 146 valence electrons. The van der Waals surface area contributed by atoms with Gasteiger partial charge in [-0.15, -0.1) is 0 Å². The van der Waals surface area contributed by atoms with Crippen LogP contribution < -0.4 is 0 Å².